The lowest BCUT2D eigenvalue weighted by Gasteiger charge is -2.09. The molecular weight excluding hydrogens is 304 g/mol. The Hall–Kier alpha value is -3.26. The Balaban J connectivity index is 1.96. The van der Waals surface area contributed by atoms with Gasteiger partial charge in [-0.05, 0) is 13.0 Å². The maximum atomic E-state index is 5.02. The normalized spacial score (nSPS) is 10.6. The minimum Gasteiger partial charge on any atom is -0.262 e. The van der Waals surface area contributed by atoms with Gasteiger partial charge in [0.1, 0.15) is 0 Å². The molecule has 0 saturated carbocycles. The van der Waals surface area contributed by atoms with Crippen LogP contribution < -0.4 is 0 Å². The highest BCUT2D eigenvalue weighted by Gasteiger charge is 2.08. The zero-order valence-electron chi connectivity index (χ0n) is 14.1. The van der Waals surface area contributed by atoms with Crippen molar-refractivity contribution in [2.45, 2.75) is 6.92 Å². The number of pyridine rings is 1. The Bertz CT molecular complexity index is 994. The van der Waals surface area contributed by atoms with Gasteiger partial charge in [0, 0.05) is 28.1 Å². The standard InChI is InChI=1S/C23H18N2/c1-17-12-13-20-15-24-16-22(21(20)14-17)25-23(18-8-4-2-5-9-18)19-10-6-3-7-11-19/h2-16H,1H3. The average molecular weight is 322 g/mol. The van der Waals surface area contributed by atoms with E-state index in [4.69, 9.17) is 4.99 Å². The SMILES string of the molecule is Cc1ccc2cncc(N=C(c3ccccc3)c3ccccc3)c2c1. The van der Waals surface area contributed by atoms with Gasteiger partial charge >= 0.3 is 0 Å². The van der Waals surface area contributed by atoms with Crippen molar-refractivity contribution >= 4 is 22.2 Å². The summed E-state index contributed by atoms with van der Waals surface area (Å²) in [6, 6.07) is 27.0. The van der Waals surface area contributed by atoms with Crippen LogP contribution in [0.4, 0.5) is 5.69 Å². The van der Waals surface area contributed by atoms with E-state index in [1.165, 1.54) is 5.56 Å². The predicted molar refractivity (Wildman–Crippen MR) is 105 cm³/mol. The fourth-order valence-electron chi connectivity index (χ4n) is 2.96. The first kappa shape index (κ1) is 15.3. The highest BCUT2D eigenvalue weighted by atomic mass is 14.8. The molecule has 2 heteroatoms. The van der Waals surface area contributed by atoms with Crippen LogP contribution in [0.1, 0.15) is 16.7 Å². The molecule has 0 amide bonds. The molecule has 0 saturated heterocycles. The lowest BCUT2D eigenvalue weighted by Crippen LogP contribution is -2.02. The number of aromatic nitrogens is 1. The maximum absolute atomic E-state index is 5.02. The van der Waals surface area contributed by atoms with Crippen LogP contribution in [-0.4, -0.2) is 10.7 Å². The number of benzene rings is 3. The van der Waals surface area contributed by atoms with Crippen LogP contribution in [0, 0.1) is 6.92 Å². The van der Waals surface area contributed by atoms with Gasteiger partial charge in [-0.2, -0.15) is 0 Å². The third-order valence-corrected chi connectivity index (χ3v) is 4.22. The molecule has 0 atom stereocenters. The summed E-state index contributed by atoms with van der Waals surface area (Å²) < 4.78 is 0. The summed E-state index contributed by atoms with van der Waals surface area (Å²) in [5.41, 5.74) is 5.26. The second-order valence-corrected chi connectivity index (χ2v) is 6.08. The van der Waals surface area contributed by atoms with Crippen LogP contribution >= 0.6 is 0 Å². The molecule has 0 aliphatic heterocycles. The van der Waals surface area contributed by atoms with E-state index in [0.717, 1.165) is 33.3 Å². The zero-order chi connectivity index (χ0) is 17.1. The number of aliphatic imine (C=N–C) groups is 1. The first-order valence-electron chi connectivity index (χ1n) is 8.35. The van der Waals surface area contributed by atoms with E-state index in [2.05, 4.69) is 54.4 Å². The van der Waals surface area contributed by atoms with Gasteiger partial charge in [0.15, 0.2) is 0 Å². The third kappa shape index (κ3) is 3.20. The minimum atomic E-state index is 0.893. The van der Waals surface area contributed by atoms with E-state index in [1.807, 2.05) is 48.8 Å². The maximum Gasteiger partial charge on any atom is 0.0899 e. The fraction of sp³-hybridized carbons (Fsp3) is 0.0435. The molecule has 0 spiro atoms. The van der Waals surface area contributed by atoms with Gasteiger partial charge in [-0.25, -0.2) is 4.99 Å². The molecule has 0 aliphatic rings. The van der Waals surface area contributed by atoms with Crippen molar-refractivity contribution in [1.29, 1.82) is 0 Å². The summed E-state index contributed by atoms with van der Waals surface area (Å²) >= 11 is 0. The summed E-state index contributed by atoms with van der Waals surface area (Å²) in [7, 11) is 0. The minimum absolute atomic E-state index is 0.893. The number of hydrogen-bond acceptors (Lipinski definition) is 2. The van der Waals surface area contributed by atoms with Crippen LogP contribution in [0.3, 0.4) is 0 Å². The molecular formula is C23H18N2. The molecule has 1 aromatic heterocycles. The molecule has 0 N–H and O–H groups in total. The monoisotopic (exact) mass is 322 g/mol. The van der Waals surface area contributed by atoms with Crippen LogP contribution in [-0.2, 0) is 0 Å². The third-order valence-electron chi connectivity index (χ3n) is 4.22. The number of fused-ring (bicyclic) bond motifs is 1. The molecule has 0 radical (unpaired) electrons. The molecule has 2 nitrogen and oxygen atoms in total. The quantitative estimate of drug-likeness (QED) is 0.443. The van der Waals surface area contributed by atoms with Crippen molar-refractivity contribution in [2.75, 3.05) is 0 Å². The summed E-state index contributed by atoms with van der Waals surface area (Å²) in [6.45, 7) is 2.10. The molecule has 120 valence electrons. The first-order valence-corrected chi connectivity index (χ1v) is 8.35. The van der Waals surface area contributed by atoms with Crippen molar-refractivity contribution in [3.05, 3.63) is 108 Å². The topological polar surface area (TPSA) is 25.2 Å². The predicted octanol–water partition coefficient (Wildman–Crippen LogP) is 5.71. The highest BCUT2D eigenvalue weighted by Crippen LogP contribution is 2.27. The Morgan fingerprint density at radius 3 is 2.04 bits per heavy atom. The van der Waals surface area contributed by atoms with Gasteiger partial charge in [-0.15, -0.1) is 0 Å². The summed E-state index contributed by atoms with van der Waals surface area (Å²) in [5.74, 6) is 0. The van der Waals surface area contributed by atoms with Gasteiger partial charge in [-0.3, -0.25) is 4.98 Å². The van der Waals surface area contributed by atoms with E-state index in [9.17, 15) is 0 Å². The number of nitrogens with zero attached hydrogens (tertiary/aromatic N) is 2. The smallest absolute Gasteiger partial charge is 0.0899 e. The Labute approximate surface area is 147 Å². The Morgan fingerprint density at radius 2 is 1.40 bits per heavy atom. The van der Waals surface area contributed by atoms with E-state index >= 15 is 0 Å². The zero-order valence-corrected chi connectivity index (χ0v) is 14.1. The summed E-state index contributed by atoms with van der Waals surface area (Å²) in [5, 5.41) is 2.23. The molecule has 0 fully saturated rings. The first-order chi connectivity index (χ1) is 12.3. The van der Waals surface area contributed by atoms with Gasteiger partial charge in [0.25, 0.3) is 0 Å². The average Bonchev–Trinajstić information content (AvgIpc) is 2.67. The Kier molecular flexibility index (Phi) is 4.09. The Morgan fingerprint density at radius 1 is 0.760 bits per heavy atom. The van der Waals surface area contributed by atoms with Crippen LogP contribution in [0.25, 0.3) is 10.8 Å². The van der Waals surface area contributed by atoms with Crippen molar-refractivity contribution in [2.24, 2.45) is 4.99 Å². The summed E-state index contributed by atoms with van der Waals surface area (Å²) in [4.78, 5) is 9.40. The number of aryl methyl sites for hydroxylation is 1. The van der Waals surface area contributed by atoms with Gasteiger partial charge in [-0.1, -0.05) is 78.4 Å². The molecule has 0 bridgehead atoms. The largest absolute Gasteiger partial charge is 0.262 e. The summed E-state index contributed by atoms with van der Waals surface area (Å²) in [6.07, 6.45) is 3.73. The lowest BCUT2D eigenvalue weighted by atomic mass is 10.0. The van der Waals surface area contributed by atoms with Crippen molar-refractivity contribution in [3.63, 3.8) is 0 Å². The van der Waals surface area contributed by atoms with E-state index in [1.54, 1.807) is 0 Å². The van der Waals surface area contributed by atoms with Crippen LogP contribution in [0.2, 0.25) is 0 Å². The van der Waals surface area contributed by atoms with Crippen LogP contribution in [0.15, 0.2) is 96.2 Å². The van der Waals surface area contributed by atoms with Crippen molar-refractivity contribution in [1.82, 2.24) is 4.98 Å². The second-order valence-electron chi connectivity index (χ2n) is 6.08. The molecule has 4 aromatic rings. The van der Waals surface area contributed by atoms with Gasteiger partial charge in [0.05, 0.1) is 17.6 Å². The number of rotatable bonds is 3. The molecule has 1 heterocycles. The molecule has 0 unspecified atom stereocenters. The van der Waals surface area contributed by atoms with E-state index in [-0.39, 0.29) is 0 Å². The van der Waals surface area contributed by atoms with Crippen LogP contribution in [0.5, 0.6) is 0 Å². The fourth-order valence-corrected chi connectivity index (χ4v) is 2.96. The van der Waals surface area contributed by atoms with Crippen molar-refractivity contribution in [3.8, 4) is 0 Å². The molecule has 0 aliphatic carbocycles. The molecule has 3 aromatic carbocycles. The van der Waals surface area contributed by atoms with E-state index < -0.39 is 0 Å². The highest BCUT2D eigenvalue weighted by molar-refractivity contribution is 6.14. The number of hydrogen-bond donors (Lipinski definition) is 0. The lowest BCUT2D eigenvalue weighted by molar-refractivity contribution is 1.33. The van der Waals surface area contributed by atoms with Gasteiger partial charge < -0.3 is 0 Å². The molecule has 25 heavy (non-hydrogen) atoms. The van der Waals surface area contributed by atoms with Gasteiger partial charge in [0.2, 0.25) is 0 Å². The molecule has 4 rings (SSSR count). The van der Waals surface area contributed by atoms with Crippen molar-refractivity contribution < 1.29 is 0 Å². The van der Waals surface area contributed by atoms with E-state index in [0.29, 0.717) is 0 Å². The second kappa shape index (κ2) is 6.70.